The molecular formula is C18H41NO. The Balaban J connectivity index is -0.000000722. The van der Waals surface area contributed by atoms with Crippen molar-refractivity contribution in [1.29, 1.82) is 0 Å². The lowest BCUT2D eigenvalue weighted by atomic mass is 9.85. The quantitative estimate of drug-likeness (QED) is 0.586. The van der Waals surface area contributed by atoms with Crippen LogP contribution in [0.1, 0.15) is 83.1 Å². The number of nitrogens with zero attached hydrogens (tertiary/aromatic N) is 1. The van der Waals surface area contributed by atoms with Crippen molar-refractivity contribution < 1.29 is 4.84 Å². The van der Waals surface area contributed by atoms with Gasteiger partial charge in [0.25, 0.3) is 0 Å². The molecule has 0 bridgehead atoms. The first-order valence-corrected chi connectivity index (χ1v) is 6.89. The Bertz CT molecular complexity index is 271. The van der Waals surface area contributed by atoms with E-state index in [0.29, 0.717) is 17.9 Å². The molecule has 1 aliphatic carbocycles. The summed E-state index contributed by atoms with van der Waals surface area (Å²) in [6, 6.07) is 0. The summed E-state index contributed by atoms with van der Waals surface area (Å²) in [5.41, 5.74) is 1.36. The van der Waals surface area contributed by atoms with Crippen molar-refractivity contribution in [2.75, 3.05) is 0 Å². The number of hydrogen-bond acceptors (Lipinski definition) is 2. The molecule has 124 valence electrons. The van der Waals surface area contributed by atoms with Gasteiger partial charge in [0.1, 0.15) is 6.10 Å². The lowest BCUT2D eigenvalue weighted by Crippen LogP contribution is -2.25. The summed E-state index contributed by atoms with van der Waals surface area (Å²) in [7, 11) is 0. The molecule has 20 heavy (non-hydrogen) atoms. The Labute approximate surface area is 129 Å². The van der Waals surface area contributed by atoms with Crippen LogP contribution in [-0.2, 0) is 4.84 Å². The minimum absolute atomic E-state index is 0. The van der Waals surface area contributed by atoms with Crippen molar-refractivity contribution >= 4 is 5.71 Å². The molecule has 0 amide bonds. The van der Waals surface area contributed by atoms with Gasteiger partial charge in [0.15, 0.2) is 0 Å². The SMILES string of the molecule is C.C.C.C.CCC(CC)CC1=NOC2C(C)CC(C)C12. The highest BCUT2D eigenvalue weighted by atomic mass is 16.6. The Hall–Kier alpha value is -0.530. The fourth-order valence-corrected chi connectivity index (χ4v) is 3.47. The number of hydrogen-bond donors (Lipinski definition) is 0. The molecule has 2 nitrogen and oxygen atoms in total. The van der Waals surface area contributed by atoms with Gasteiger partial charge >= 0.3 is 0 Å². The highest BCUT2D eigenvalue weighted by molar-refractivity contribution is 5.88. The van der Waals surface area contributed by atoms with Crippen LogP contribution in [0.3, 0.4) is 0 Å². The molecule has 4 unspecified atom stereocenters. The third kappa shape index (κ3) is 4.49. The molecule has 1 fully saturated rings. The minimum atomic E-state index is 0. The molecule has 0 aromatic heterocycles. The predicted molar refractivity (Wildman–Crippen MR) is 94.4 cm³/mol. The zero-order valence-electron chi connectivity index (χ0n) is 11.1. The third-order valence-electron chi connectivity index (χ3n) is 4.60. The molecule has 1 aliphatic heterocycles. The summed E-state index contributed by atoms with van der Waals surface area (Å²) in [6.45, 7) is 9.22. The van der Waals surface area contributed by atoms with Crippen molar-refractivity contribution in [3.63, 3.8) is 0 Å². The van der Waals surface area contributed by atoms with Crippen LogP contribution in [0.5, 0.6) is 0 Å². The molecule has 0 saturated heterocycles. The van der Waals surface area contributed by atoms with E-state index < -0.39 is 0 Å². The van der Waals surface area contributed by atoms with E-state index >= 15 is 0 Å². The Morgan fingerprint density at radius 1 is 1.05 bits per heavy atom. The second-order valence-electron chi connectivity index (χ2n) is 5.76. The zero-order valence-corrected chi connectivity index (χ0v) is 11.1. The standard InChI is InChI=1S/C14H25NO.4CH4/c1-5-11(6-2)8-12-13-9(3)7-10(4)14(13)16-15-12;;;;/h9-11,13-14H,5-8H2,1-4H3;4*1H4. The Morgan fingerprint density at radius 2 is 1.60 bits per heavy atom. The molecule has 0 N–H and O–H groups in total. The van der Waals surface area contributed by atoms with Crippen LogP contribution in [-0.4, -0.2) is 11.8 Å². The fourth-order valence-electron chi connectivity index (χ4n) is 3.47. The van der Waals surface area contributed by atoms with Crippen LogP contribution in [0.4, 0.5) is 0 Å². The molecular weight excluding hydrogens is 246 g/mol. The molecule has 0 radical (unpaired) electrons. The molecule has 0 aromatic carbocycles. The first-order valence-electron chi connectivity index (χ1n) is 6.89. The normalized spacial score (nSPS) is 29.9. The highest BCUT2D eigenvalue weighted by Gasteiger charge is 2.47. The van der Waals surface area contributed by atoms with Gasteiger partial charge in [-0.3, -0.25) is 0 Å². The summed E-state index contributed by atoms with van der Waals surface area (Å²) in [5, 5.41) is 4.37. The topological polar surface area (TPSA) is 21.6 Å². The molecule has 4 atom stereocenters. The first kappa shape index (κ1) is 24.5. The summed E-state index contributed by atoms with van der Waals surface area (Å²) in [4.78, 5) is 5.65. The number of oxime groups is 1. The Morgan fingerprint density at radius 3 is 2.10 bits per heavy atom. The van der Waals surface area contributed by atoms with E-state index in [4.69, 9.17) is 4.84 Å². The second-order valence-corrected chi connectivity index (χ2v) is 5.76. The van der Waals surface area contributed by atoms with Gasteiger partial charge in [-0.1, -0.05) is 75.4 Å². The van der Waals surface area contributed by atoms with Crippen LogP contribution in [0, 0.1) is 23.7 Å². The van der Waals surface area contributed by atoms with E-state index in [1.165, 1.54) is 25.0 Å². The van der Waals surface area contributed by atoms with E-state index in [1.54, 1.807) is 0 Å². The van der Waals surface area contributed by atoms with Gasteiger partial charge in [-0.15, -0.1) is 0 Å². The van der Waals surface area contributed by atoms with Crippen molar-refractivity contribution in [2.24, 2.45) is 28.8 Å². The Kier molecular flexibility index (Phi) is 12.5. The maximum Gasteiger partial charge on any atom is 0.138 e. The van der Waals surface area contributed by atoms with Crippen LogP contribution < -0.4 is 0 Å². The van der Waals surface area contributed by atoms with Crippen molar-refractivity contribution in [1.82, 2.24) is 0 Å². The molecule has 2 aliphatic rings. The van der Waals surface area contributed by atoms with Crippen molar-refractivity contribution in [3.8, 4) is 0 Å². The molecule has 2 heteroatoms. The number of fused-ring (bicyclic) bond motifs is 1. The average molecular weight is 288 g/mol. The second kappa shape index (κ2) is 10.2. The number of rotatable bonds is 4. The summed E-state index contributed by atoms with van der Waals surface area (Å²) in [5.74, 6) is 2.86. The van der Waals surface area contributed by atoms with Crippen LogP contribution in [0.2, 0.25) is 0 Å². The fraction of sp³-hybridized carbons (Fsp3) is 0.944. The monoisotopic (exact) mass is 287 g/mol. The van der Waals surface area contributed by atoms with Gasteiger partial charge in [-0.25, -0.2) is 0 Å². The maximum absolute atomic E-state index is 5.65. The van der Waals surface area contributed by atoms with Gasteiger partial charge in [0.05, 0.1) is 5.71 Å². The van der Waals surface area contributed by atoms with Gasteiger partial charge in [0.2, 0.25) is 0 Å². The van der Waals surface area contributed by atoms with E-state index in [1.807, 2.05) is 0 Å². The van der Waals surface area contributed by atoms with Gasteiger partial charge in [-0.2, -0.15) is 0 Å². The predicted octanol–water partition coefficient (Wildman–Crippen LogP) is 6.40. The minimum Gasteiger partial charge on any atom is -0.392 e. The molecule has 0 aromatic rings. The van der Waals surface area contributed by atoms with E-state index in [2.05, 4.69) is 32.9 Å². The summed E-state index contributed by atoms with van der Waals surface area (Å²) in [6.07, 6.45) is 5.37. The van der Waals surface area contributed by atoms with E-state index in [-0.39, 0.29) is 29.7 Å². The summed E-state index contributed by atoms with van der Waals surface area (Å²) >= 11 is 0. The average Bonchev–Trinajstić information content (AvgIpc) is 2.79. The molecule has 0 spiro atoms. The third-order valence-corrected chi connectivity index (χ3v) is 4.60. The largest absolute Gasteiger partial charge is 0.392 e. The molecule has 2 rings (SSSR count). The smallest absolute Gasteiger partial charge is 0.138 e. The van der Waals surface area contributed by atoms with Crippen molar-refractivity contribution in [2.45, 2.75) is 89.2 Å². The lowest BCUT2D eigenvalue weighted by Gasteiger charge is -2.18. The van der Waals surface area contributed by atoms with Gasteiger partial charge in [0, 0.05) is 5.92 Å². The van der Waals surface area contributed by atoms with Crippen LogP contribution in [0.25, 0.3) is 0 Å². The van der Waals surface area contributed by atoms with Gasteiger partial charge in [-0.05, 0) is 30.6 Å². The molecule has 1 heterocycles. The molecule has 1 saturated carbocycles. The van der Waals surface area contributed by atoms with E-state index in [9.17, 15) is 0 Å². The van der Waals surface area contributed by atoms with Crippen LogP contribution >= 0.6 is 0 Å². The maximum atomic E-state index is 5.65. The highest BCUT2D eigenvalue weighted by Crippen LogP contribution is 2.43. The van der Waals surface area contributed by atoms with Gasteiger partial charge < -0.3 is 4.84 Å². The zero-order chi connectivity index (χ0) is 11.7. The first-order chi connectivity index (χ1) is 7.67. The lowest BCUT2D eigenvalue weighted by molar-refractivity contribution is 0.0448. The van der Waals surface area contributed by atoms with Crippen LogP contribution in [0.15, 0.2) is 5.16 Å². The van der Waals surface area contributed by atoms with E-state index in [0.717, 1.165) is 18.3 Å². The van der Waals surface area contributed by atoms with Crippen molar-refractivity contribution in [3.05, 3.63) is 0 Å². The summed E-state index contributed by atoms with van der Waals surface area (Å²) < 4.78 is 0.